The van der Waals surface area contributed by atoms with Gasteiger partial charge in [-0.05, 0) is 42.3 Å². The van der Waals surface area contributed by atoms with E-state index in [-0.39, 0.29) is 23.3 Å². The molecule has 0 saturated heterocycles. The van der Waals surface area contributed by atoms with Gasteiger partial charge >= 0.3 is 0 Å². The first-order valence-electron chi connectivity index (χ1n) is 9.13. The fourth-order valence-electron chi connectivity index (χ4n) is 3.08. The first kappa shape index (κ1) is 21.4. The van der Waals surface area contributed by atoms with Gasteiger partial charge in [-0.15, -0.1) is 0 Å². The number of sulfonamides is 1. The van der Waals surface area contributed by atoms with Crippen molar-refractivity contribution in [1.29, 1.82) is 0 Å². The van der Waals surface area contributed by atoms with Crippen LogP contribution in [0.4, 0.5) is 0 Å². The zero-order chi connectivity index (χ0) is 21.2. The number of ether oxygens (including phenoxy) is 2. The number of halogens is 1. The van der Waals surface area contributed by atoms with Crippen LogP contribution in [0.1, 0.15) is 30.5 Å². The molecule has 0 spiro atoms. The molecule has 1 unspecified atom stereocenters. The number of carbonyl (C=O) groups excluding carboxylic acids is 1. The van der Waals surface area contributed by atoms with E-state index in [9.17, 15) is 13.2 Å². The maximum absolute atomic E-state index is 12.8. The molecule has 29 heavy (non-hydrogen) atoms. The number of primary sulfonamides is 1. The third-order valence-corrected chi connectivity index (χ3v) is 6.05. The van der Waals surface area contributed by atoms with Gasteiger partial charge in [-0.3, -0.25) is 4.79 Å². The molecule has 2 N–H and O–H groups in total. The SMILES string of the molecule is CC(c1cccc(S(N)(=O)=O)c1)N(C)C(=O)Cc1cc(Cl)c2c(c1)OCCCO2. The zero-order valence-corrected chi connectivity index (χ0v) is 17.8. The molecule has 9 heteroatoms. The van der Waals surface area contributed by atoms with Gasteiger partial charge in [-0.2, -0.15) is 0 Å². The number of carbonyl (C=O) groups is 1. The van der Waals surface area contributed by atoms with E-state index in [0.717, 1.165) is 6.42 Å². The fourth-order valence-corrected chi connectivity index (χ4v) is 3.93. The second-order valence-electron chi connectivity index (χ2n) is 6.93. The Labute approximate surface area is 175 Å². The Balaban J connectivity index is 1.77. The predicted molar refractivity (Wildman–Crippen MR) is 110 cm³/mol. The maximum Gasteiger partial charge on any atom is 0.238 e. The summed E-state index contributed by atoms with van der Waals surface area (Å²) in [6.07, 6.45) is 0.878. The van der Waals surface area contributed by atoms with Crippen LogP contribution in [0.2, 0.25) is 5.02 Å². The molecule has 1 heterocycles. The summed E-state index contributed by atoms with van der Waals surface area (Å²) in [5.74, 6) is 0.889. The fraction of sp³-hybridized carbons (Fsp3) is 0.350. The van der Waals surface area contributed by atoms with Crippen molar-refractivity contribution in [3.05, 3.63) is 52.5 Å². The largest absolute Gasteiger partial charge is 0.489 e. The van der Waals surface area contributed by atoms with Crippen LogP contribution in [0.3, 0.4) is 0 Å². The highest BCUT2D eigenvalue weighted by Crippen LogP contribution is 2.38. The van der Waals surface area contributed by atoms with Crippen molar-refractivity contribution in [2.24, 2.45) is 5.14 Å². The summed E-state index contributed by atoms with van der Waals surface area (Å²) >= 11 is 6.30. The smallest absolute Gasteiger partial charge is 0.238 e. The maximum atomic E-state index is 12.8. The van der Waals surface area contributed by atoms with Gasteiger partial charge in [0.2, 0.25) is 15.9 Å². The van der Waals surface area contributed by atoms with Crippen LogP contribution in [0.5, 0.6) is 11.5 Å². The van der Waals surface area contributed by atoms with Crippen LogP contribution in [0, 0.1) is 0 Å². The number of amides is 1. The number of fused-ring (bicyclic) bond motifs is 1. The third-order valence-electron chi connectivity index (χ3n) is 4.86. The molecule has 0 aromatic heterocycles. The van der Waals surface area contributed by atoms with Crippen LogP contribution < -0.4 is 14.6 Å². The van der Waals surface area contributed by atoms with E-state index >= 15 is 0 Å². The summed E-state index contributed by atoms with van der Waals surface area (Å²) in [7, 11) is -2.15. The van der Waals surface area contributed by atoms with Crippen LogP contribution in [-0.4, -0.2) is 39.5 Å². The van der Waals surface area contributed by atoms with E-state index in [1.807, 2.05) is 6.92 Å². The van der Waals surface area contributed by atoms with E-state index in [2.05, 4.69) is 0 Å². The monoisotopic (exact) mass is 438 g/mol. The topological polar surface area (TPSA) is 98.9 Å². The predicted octanol–water partition coefficient (Wildman–Crippen LogP) is 2.91. The summed E-state index contributed by atoms with van der Waals surface area (Å²) in [5, 5.41) is 5.61. The lowest BCUT2D eigenvalue weighted by molar-refractivity contribution is -0.131. The molecule has 1 aliphatic heterocycles. The minimum Gasteiger partial charge on any atom is -0.489 e. The number of likely N-dealkylation sites (N-methyl/N-ethyl adjacent to an activating group) is 1. The minimum absolute atomic E-state index is 0.0115. The van der Waals surface area contributed by atoms with Crippen molar-refractivity contribution < 1.29 is 22.7 Å². The summed E-state index contributed by atoms with van der Waals surface area (Å²) in [4.78, 5) is 14.4. The number of rotatable bonds is 5. The van der Waals surface area contributed by atoms with Gasteiger partial charge < -0.3 is 14.4 Å². The number of nitrogens with zero attached hydrogens (tertiary/aromatic N) is 1. The minimum atomic E-state index is -3.81. The van der Waals surface area contributed by atoms with E-state index in [1.165, 1.54) is 12.1 Å². The first-order valence-corrected chi connectivity index (χ1v) is 11.1. The van der Waals surface area contributed by atoms with E-state index in [4.69, 9.17) is 26.2 Å². The summed E-state index contributed by atoms with van der Waals surface area (Å²) in [5.41, 5.74) is 1.38. The average molecular weight is 439 g/mol. The third kappa shape index (κ3) is 5.01. The van der Waals surface area contributed by atoms with Crippen LogP contribution in [-0.2, 0) is 21.2 Å². The average Bonchev–Trinajstić information content (AvgIpc) is 2.92. The molecule has 2 aromatic carbocycles. The number of nitrogens with two attached hydrogens (primary N) is 1. The quantitative estimate of drug-likeness (QED) is 0.773. The highest BCUT2D eigenvalue weighted by molar-refractivity contribution is 7.89. The molecule has 3 rings (SSSR count). The molecular weight excluding hydrogens is 416 g/mol. The molecule has 1 amide bonds. The second kappa shape index (κ2) is 8.61. The van der Waals surface area contributed by atoms with Gasteiger partial charge in [0.05, 0.1) is 35.6 Å². The van der Waals surface area contributed by atoms with E-state index in [1.54, 1.807) is 36.2 Å². The second-order valence-corrected chi connectivity index (χ2v) is 8.90. The Kier molecular flexibility index (Phi) is 6.36. The van der Waals surface area contributed by atoms with Gasteiger partial charge in [-0.1, -0.05) is 23.7 Å². The number of benzene rings is 2. The molecule has 156 valence electrons. The van der Waals surface area contributed by atoms with Crippen LogP contribution >= 0.6 is 11.6 Å². The van der Waals surface area contributed by atoms with Gasteiger partial charge in [0.1, 0.15) is 0 Å². The van der Waals surface area contributed by atoms with Gasteiger partial charge in [0.15, 0.2) is 11.5 Å². The van der Waals surface area contributed by atoms with Crippen molar-refractivity contribution in [3.8, 4) is 11.5 Å². The highest BCUT2D eigenvalue weighted by Gasteiger charge is 2.21. The Morgan fingerprint density at radius 3 is 2.69 bits per heavy atom. The molecule has 0 radical (unpaired) electrons. The van der Waals surface area contributed by atoms with Crippen molar-refractivity contribution in [3.63, 3.8) is 0 Å². The Bertz CT molecular complexity index is 1030. The van der Waals surface area contributed by atoms with Gasteiger partial charge in [-0.25, -0.2) is 13.6 Å². The van der Waals surface area contributed by atoms with Crippen molar-refractivity contribution in [2.75, 3.05) is 20.3 Å². The van der Waals surface area contributed by atoms with Gasteiger partial charge in [0.25, 0.3) is 0 Å². The van der Waals surface area contributed by atoms with E-state index < -0.39 is 10.0 Å². The summed E-state index contributed by atoms with van der Waals surface area (Å²) < 4.78 is 34.5. The normalized spacial score (nSPS) is 14.8. The standard InChI is InChI=1S/C20H23ClN2O5S/c1-13(15-5-3-6-16(12-15)29(22,25)26)23(2)19(24)11-14-9-17(21)20-18(10-14)27-7-4-8-28-20/h3,5-6,9-10,12-13H,4,7-8,11H2,1-2H3,(H2,22,25,26). The Hall–Kier alpha value is -2.29. The van der Waals surface area contributed by atoms with Gasteiger partial charge in [0, 0.05) is 13.5 Å². The molecule has 0 aliphatic carbocycles. The Morgan fingerprint density at radius 1 is 1.24 bits per heavy atom. The zero-order valence-electron chi connectivity index (χ0n) is 16.2. The first-order chi connectivity index (χ1) is 13.7. The van der Waals surface area contributed by atoms with Crippen LogP contribution in [0.25, 0.3) is 0 Å². The van der Waals surface area contributed by atoms with Crippen molar-refractivity contribution >= 4 is 27.5 Å². The summed E-state index contributed by atoms with van der Waals surface area (Å²) in [6.45, 7) is 2.88. The van der Waals surface area contributed by atoms with Crippen LogP contribution in [0.15, 0.2) is 41.3 Å². The molecule has 0 fully saturated rings. The lowest BCUT2D eigenvalue weighted by Gasteiger charge is -2.26. The molecule has 7 nitrogen and oxygen atoms in total. The number of hydrogen-bond acceptors (Lipinski definition) is 5. The molecule has 0 bridgehead atoms. The molecule has 2 aromatic rings. The number of hydrogen-bond donors (Lipinski definition) is 1. The summed E-state index contributed by atoms with van der Waals surface area (Å²) in [6, 6.07) is 9.39. The molecule has 1 aliphatic rings. The molecular formula is C20H23ClN2O5S. The Morgan fingerprint density at radius 2 is 1.97 bits per heavy atom. The molecule has 0 saturated carbocycles. The van der Waals surface area contributed by atoms with Crippen molar-refractivity contribution in [1.82, 2.24) is 4.90 Å². The lowest BCUT2D eigenvalue weighted by atomic mass is 10.1. The highest BCUT2D eigenvalue weighted by atomic mass is 35.5. The van der Waals surface area contributed by atoms with E-state index in [0.29, 0.717) is 40.9 Å². The lowest BCUT2D eigenvalue weighted by Crippen LogP contribution is -2.31. The molecule has 1 atom stereocenters. The van der Waals surface area contributed by atoms with Crippen molar-refractivity contribution in [2.45, 2.75) is 30.7 Å².